The van der Waals surface area contributed by atoms with Crippen LogP contribution in [0.5, 0.6) is 0 Å². The summed E-state index contributed by atoms with van der Waals surface area (Å²) in [5.74, 6) is -0.0631. The zero-order chi connectivity index (χ0) is 12.1. The normalized spacial score (nSPS) is 11.4. The second-order valence-corrected chi connectivity index (χ2v) is 4.04. The van der Waals surface area contributed by atoms with E-state index in [9.17, 15) is 0 Å². The van der Waals surface area contributed by atoms with Crippen molar-refractivity contribution in [1.29, 1.82) is 0 Å². The zero-order valence-corrected chi connectivity index (χ0v) is 9.50. The molecule has 2 rings (SSSR count). The van der Waals surface area contributed by atoms with Crippen LogP contribution in [0.25, 0.3) is 0 Å². The molecule has 0 aliphatic heterocycles. The van der Waals surface area contributed by atoms with Crippen LogP contribution < -0.4 is 5.73 Å². The summed E-state index contributed by atoms with van der Waals surface area (Å²) >= 11 is 1.39. The van der Waals surface area contributed by atoms with Gasteiger partial charge in [0.15, 0.2) is 5.84 Å². The van der Waals surface area contributed by atoms with E-state index in [4.69, 9.17) is 10.9 Å². The van der Waals surface area contributed by atoms with Gasteiger partial charge in [0.1, 0.15) is 15.7 Å². The number of oxime groups is 1. The van der Waals surface area contributed by atoms with Crippen molar-refractivity contribution in [3.05, 3.63) is 42.5 Å². The van der Waals surface area contributed by atoms with E-state index in [-0.39, 0.29) is 5.84 Å². The summed E-state index contributed by atoms with van der Waals surface area (Å²) in [4.78, 5) is 12.3. The van der Waals surface area contributed by atoms with Crippen molar-refractivity contribution < 1.29 is 5.21 Å². The van der Waals surface area contributed by atoms with Crippen LogP contribution in [0, 0.1) is 0 Å². The number of aromatic nitrogens is 3. The molecule has 0 fully saturated rings. The van der Waals surface area contributed by atoms with E-state index in [0.717, 1.165) is 5.03 Å². The van der Waals surface area contributed by atoms with Crippen molar-refractivity contribution in [3.8, 4) is 0 Å². The average molecular weight is 247 g/mol. The third-order valence-electron chi connectivity index (χ3n) is 1.85. The lowest BCUT2D eigenvalue weighted by molar-refractivity contribution is 0.318. The van der Waals surface area contributed by atoms with Gasteiger partial charge in [-0.3, -0.25) is 0 Å². The Hall–Kier alpha value is -2.15. The fourth-order valence-electron chi connectivity index (χ4n) is 1.07. The first-order valence-corrected chi connectivity index (χ1v) is 5.50. The first-order valence-electron chi connectivity index (χ1n) is 4.68. The van der Waals surface area contributed by atoms with Crippen molar-refractivity contribution in [1.82, 2.24) is 15.0 Å². The molecule has 7 heteroatoms. The van der Waals surface area contributed by atoms with Crippen LogP contribution in [0.3, 0.4) is 0 Å². The Kier molecular flexibility index (Phi) is 3.51. The van der Waals surface area contributed by atoms with E-state index >= 15 is 0 Å². The molecular formula is C10H9N5OS. The predicted octanol–water partition coefficient (Wildman–Crippen LogP) is 1.12. The van der Waals surface area contributed by atoms with Gasteiger partial charge in [-0.1, -0.05) is 11.2 Å². The molecule has 86 valence electrons. The highest BCUT2D eigenvalue weighted by Gasteiger charge is 2.03. The minimum Gasteiger partial charge on any atom is -0.409 e. The first-order chi connectivity index (χ1) is 8.29. The molecule has 0 atom stereocenters. The van der Waals surface area contributed by atoms with E-state index in [1.165, 1.54) is 18.0 Å². The van der Waals surface area contributed by atoms with Crippen molar-refractivity contribution >= 4 is 17.6 Å². The van der Waals surface area contributed by atoms with E-state index in [1.807, 2.05) is 18.2 Å². The summed E-state index contributed by atoms with van der Waals surface area (Å²) in [7, 11) is 0. The lowest BCUT2D eigenvalue weighted by Gasteiger charge is -2.00. The molecule has 17 heavy (non-hydrogen) atoms. The predicted molar refractivity (Wildman–Crippen MR) is 62.9 cm³/mol. The van der Waals surface area contributed by atoms with Crippen LogP contribution in [0.4, 0.5) is 0 Å². The van der Waals surface area contributed by atoms with Crippen molar-refractivity contribution in [2.75, 3.05) is 0 Å². The molecule has 3 N–H and O–H groups in total. The van der Waals surface area contributed by atoms with Crippen LogP contribution in [0.2, 0.25) is 0 Å². The molecule has 0 radical (unpaired) electrons. The molecule has 2 aromatic heterocycles. The van der Waals surface area contributed by atoms with Crippen molar-refractivity contribution in [3.63, 3.8) is 0 Å². The maximum atomic E-state index is 8.47. The molecule has 0 aliphatic carbocycles. The van der Waals surface area contributed by atoms with Crippen molar-refractivity contribution in [2.24, 2.45) is 10.9 Å². The van der Waals surface area contributed by atoms with E-state index in [0.29, 0.717) is 10.7 Å². The lowest BCUT2D eigenvalue weighted by atomic mass is 10.4. The number of amidine groups is 1. The number of nitrogens with two attached hydrogens (primary N) is 1. The van der Waals surface area contributed by atoms with Gasteiger partial charge in [-0.25, -0.2) is 15.0 Å². The van der Waals surface area contributed by atoms with Crippen LogP contribution >= 0.6 is 11.8 Å². The topological polar surface area (TPSA) is 97.3 Å². The Bertz CT molecular complexity index is 514. The Balaban J connectivity index is 2.14. The molecule has 0 saturated carbocycles. The summed E-state index contributed by atoms with van der Waals surface area (Å²) in [6.45, 7) is 0. The zero-order valence-electron chi connectivity index (χ0n) is 8.69. The molecule has 6 nitrogen and oxygen atoms in total. The third kappa shape index (κ3) is 2.91. The molecule has 0 amide bonds. The molecular weight excluding hydrogens is 238 g/mol. The number of hydrogen-bond donors (Lipinski definition) is 2. The Morgan fingerprint density at radius 1 is 1.18 bits per heavy atom. The lowest BCUT2D eigenvalue weighted by Crippen LogP contribution is -2.15. The summed E-state index contributed by atoms with van der Waals surface area (Å²) in [5.41, 5.74) is 5.71. The van der Waals surface area contributed by atoms with Gasteiger partial charge >= 0.3 is 0 Å². The summed E-state index contributed by atoms with van der Waals surface area (Å²) in [6, 6.07) is 5.62. The van der Waals surface area contributed by atoms with Gasteiger partial charge in [0.25, 0.3) is 0 Å². The highest BCUT2D eigenvalue weighted by atomic mass is 32.2. The van der Waals surface area contributed by atoms with Gasteiger partial charge in [0.05, 0.1) is 12.4 Å². The van der Waals surface area contributed by atoms with Gasteiger partial charge < -0.3 is 10.9 Å². The van der Waals surface area contributed by atoms with Crippen molar-refractivity contribution in [2.45, 2.75) is 10.1 Å². The van der Waals surface area contributed by atoms with Crippen LogP contribution in [0.1, 0.15) is 5.69 Å². The minimum absolute atomic E-state index is 0.0631. The maximum absolute atomic E-state index is 8.47. The number of pyridine rings is 1. The highest BCUT2D eigenvalue weighted by molar-refractivity contribution is 7.99. The van der Waals surface area contributed by atoms with Gasteiger partial charge in [0, 0.05) is 6.20 Å². The molecule has 0 bridgehead atoms. The van der Waals surface area contributed by atoms with E-state index < -0.39 is 0 Å². The molecule has 2 heterocycles. The fraction of sp³-hybridized carbons (Fsp3) is 0. The molecule has 0 spiro atoms. The van der Waals surface area contributed by atoms with Crippen LogP contribution in [-0.4, -0.2) is 26.0 Å². The quantitative estimate of drug-likeness (QED) is 0.365. The first kappa shape index (κ1) is 11.3. The fourth-order valence-corrected chi connectivity index (χ4v) is 1.75. The number of nitrogens with zero attached hydrogens (tertiary/aromatic N) is 4. The average Bonchev–Trinajstić information content (AvgIpc) is 2.40. The summed E-state index contributed by atoms with van der Waals surface area (Å²) in [5, 5.41) is 12.8. The van der Waals surface area contributed by atoms with E-state index in [2.05, 4.69) is 20.1 Å². The summed E-state index contributed by atoms with van der Waals surface area (Å²) in [6.07, 6.45) is 4.70. The largest absolute Gasteiger partial charge is 0.409 e. The van der Waals surface area contributed by atoms with Crippen LogP contribution in [-0.2, 0) is 0 Å². The molecule has 0 unspecified atom stereocenters. The molecule has 0 aliphatic rings. The SMILES string of the molecule is NC(=NO)c1cnc(Sc2ccccn2)cn1. The summed E-state index contributed by atoms with van der Waals surface area (Å²) < 4.78 is 0. The second kappa shape index (κ2) is 5.26. The second-order valence-electron chi connectivity index (χ2n) is 3.00. The Morgan fingerprint density at radius 3 is 2.65 bits per heavy atom. The molecule has 0 aromatic carbocycles. The number of hydrogen-bond acceptors (Lipinski definition) is 6. The van der Waals surface area contributed by atoms with Gasteiger partial charge in [0.2, 0.25) is 0 Å². The van der Waals surface area contributed by atoms with Crippen LogP contribution in [0.15, 0.2) is 52.0 Å². The van der Waals surface area contributed by atoms with E-state index in [1.54, 1.807) is 12.4 Å². The monoisotopic (exact) mass is 247 g/mol. The molecule has 2 aromatic rings. The smallest absolute Gasteiger partial charge is 0.190 e. The Labute approximate surface area is 102 Å². The standard InChI is InChI=1S/C10H9N5OS/c11-10(15-16)7-5-14-9(6-13-7)17-8-3-1-2-4-12-8/h1-6,16H,(H2,11,15). The molecule has 0 saturated heterocycles. The minimum atomic E-state index is -0.0631. The third-order valence-corrected chi connectivity index (χ3v) is 2.72. The Morgan fingerprint density at radius 2 is 2.06 bits per heavy atom. The highest BCUT2D eigenvalue weighted by Crippen LogP contribution is 2.22. The van der Waals surface area contributed by atoms with Gasteiger partial charge in [-0.2, -0.15) is 0 Å². The maximum Gasteiger partial charge on any atom is 0.190 e. The van der Waals surface area contributed by atoms with Gasteiger partial charge in [-0.15, -0.1) is 0 Å². The number of rotatable bonds is 3. The van der Waals surface area contributed by atoms with Gasteiger partial charge in [-0.05, 0) is 23.9 Å².